The van der Waals surface area contributed by atoms with Crippen molar-refractivity contribution in [1.29, 1.82) is 0 Å². The monoisotopic (exact) mass is 308 g/mol. The molecule has 2 rings (SSSR count). The maximum Gasteiger partial charge on any atom is 0.242 e. The molecule has 1 amide bonds. The van der Waals surface area contributed by atoms with Crippen LogP contribution in [0.1, 0.15) is 46.6 Å². The van der Waals surface area contributed by atoms with E-state index < -0.39 is 0 Å². The normalized spacial score (nSPS) is 22.3. The van der Waals surface area contributed by atoms with E-state index in [0.29, 0.717) is 6.61 Å². The van der Waals surface area contributed by atoms with Gasteiger partial charge in [0.25, 0.3) is 0 Å². The lowest BCUT2D eigenvalue weighted by Crippen LogP contribution is -2.50. The minimum absolute atomic E-state index is 0.0156. The van der Waals surface area contributed by atoms with Gasteiger partial charge in [-0.25, -0.2) is 4.68 Å². The minimum atomic E-state index is -0.168. The molecule has 1 aromatic rings. The molecule has 1 aliphatic heterocycles. The van der Waals surface area contributed by atoms with Crippen molar-refractivity contribution in [3.05, 3.63) is 12.3 Å². The number of anilines is 1. The predicted octanol–water partition coefficient (Wildman–Crippen LogP) is 2.29. The molecule has 0 saturated carbocycles. The Balaban J connectivity index is 1.98. The van der Waals surface area contributed by atoms with Crippen LogP contribution in [-0.2, 0) is 9.53 Å². The van der Waals surface area contributed by atoms with Crippen molar-refractivity contribution in [3.8, 4) is 0 Å². The van der Waals surface area contributed by atoms with Gasteiger partial charge in [-0.3, -0.25) is 9.69 Å². The number of nitrogens with zero attached hydrogens (tertiary/aromatic N) is 3. The van der Waals surface area contributed by atoms with E-state index in [4.69, 9.17) is 4.74 Å². The third kappa shape index (κ3) is 3.87. The lowest BCUT2D eigenvalue weighted by molar-refractivity contribution is -0.124. The van der Waals surface area contributed by atoms with Gasteiger partial charge < -0.3 is 10.1 Å². The zero-order valence-corrected chi connectivity index (χ0v) is 14.1. The third-order valence-corrected chi connectivity index (χ3v) is 4.48. The Hall–Kier alpha value is -1.40. The lowest BCUT2D eigenvalue weighted by atomic mass is 10.1. The van der Waals surface area contributed by atoms with Crippen LogP contribution in [-0.4, -0.2) is 52.4 Å². The number of hydrogen-bond donors (Lipinski definition) is 1. The molecule has 1 N–H and O–H groups in total. The van der Waals surface area contributed by atoms with Crippen molar-refractivity contribution >= 4 is 11.7 Å². The van der Waals surface area contributed by atoms with E-state index in [-0.39, 0.29) is 24.1 Å². The highest BCUT2D eigenvalue weighted by molar-refractivity contribution is 5.93. The molecule has 0 aromatic carbocycles. The molecule has 3 atom stereocenters. The molecule has 6 nitrogen and oxygen atoms in total. The first kappa shape index (κ1) is 17.0. The minimum Gasteiger partial charge on any atom is -0.376 e. The van der Waals surface area contributed by atoms with Crippen LogP contribution in [0.25, 0.3) is 0 Å². The van der Waals surface area contributed by atoms with Gasteiger partial charge in [0.2, 0.25) is 5.91 Å². The number of ether oxygens (including phenoxy) is 1. The Bertz CT molecular complexity index is 488. The van der Waals surface area contributed by atoms with Gasteiger partial charge in [-0.15, -0.1) is 0 Å². The standard InChI is InChI=1S/C16H28N4O2/c1-5-12(3)20-15(7-8-17-20)18-16(21)13(4)19-9-10-22-14(6-2)11-19/h7-8,12-14H,5-6,9-11H2,1-4H3,(H,18,21)/t12-,13-,14+/m0/s1. The number of aromatic nitrogens is 2. The summed E-state index contributed by atoms with van der Waals surface area (Å²) in [6.45, 7) is 10.6. The van der Waals surface area contributed by atoms with Gasteiger partial charge in [-0.2, -0.15) is 5.10 Å². The summed E-state index contributed by atoms with van der Waals surface area (Å²) in [5.41, 5.74) is 0. The van der Waals surface area contributed by atoms with Gasteiger partial charge in [0.05, 0.1) is 31.0 Å². The molecule has 0 aliphatic carbocycles. The fourth-order valence-electron chi connectivity index (χ4n) is 2.67. The molecule has 1 fully saturated rings. The van der Waals surface area contributed by atoms with Crippen molar-refractivity contribution in [2.45, 2.75) is 58.7 Å². The highest BCUT2D eigenvalue weighted by atomic mass is 16.5. The summed E-state index contributed by atoms with van der Waals surface area (Å²) < 4.78 is 7.54. The lowest BCUT2D eigenvalue weighted by Gasteiger charge is -2.35. The molecule has 0 radical (unpaired) electrons. The van der Waals surface area contributed by atoms with Crippen LogP contribution in [0, 0.1) is 0 Å². The van der Waals surface area contributed by atoms with E-state index in [1.165, 1.54) is 0 Å². The maximum atomic E-state index is 12.5. The molecule has 1 aliphatic rings. The number of amides is 1. The zero-order valence-electron chi connectivity index (χ0n) is 14.1. The third-order valence-electron chi connectivity index (χ3n) is 4.48. The molecular formula is C16H28N4O2. The number of carbonyl (C=O) groups is 1. The van der Waals surface area contributed by atoms with Gasteiger partial charge in [0.15, 0.2) is 0 Å². The fourth-order valence-corrected chi connectivity index (χ4v) is 2.67. The Morgan fingerprint density at radius 1 is 1.50 bits per heavy atom. The first-order valence-electron chi connectivity index (χ1n) is 8.26. The summed E-state index contributed by atoms with van der Waals surface area (Å²) in [5, 5.41) is 7.32. The summed E-state index contributed by atoms with van der Waals surface area (Å²) in [6.07, 6.45) is 3.91. The molecular weight excluding hydrogens is 280 g/mol. The number of carbonyl (C=O) groups excluding carboxylic acids is 1. The first-order valence-corrected chi connectivity index (χ1v) is 8.26. The number of nitrogens with one attached hydrogen (secondary N) is 1. The molecule has 6 heteroatoms. The topological polar surface area (TPSA) is 59.4 Å². The second-order valence-electron chi connectivity index (χ2n) is 5.98. The van der Waals surface area contributed by atoms with Crippen LogP contribution in [0.15, 0.2) is 12.3 Å². The van der Waals surface area contributed by atoms with Crippen LogP contribution in [0.5, 0.6) is 0 Å². The SMILES string of the molecule is CC[C@@H]1CN([C@@H](C)C(=O)Nc2ccnn2[C@@H](C)CC)CCO1. The molecule has 1 aromatic heterocycles. The smallest absolute Gasteiger partial charge is 0.242 e. The summed E-state index contributed by atoms with van der Waals surface area (Å²) >= 11 is 0. The fraction of sp³-hybridized carbons (Fsp3) is 0.750. The van der Waals surface area contributed by atoms with Crippen molar-refractivity contribution < 1.29 is 9.53 Å². The van der Waals surface area contributed by atoms with E-state index in [1.54, 1.807) is 6.20 Å². The van der Waals surface area contributed by atoms with Gasteiger partial charge in [0.1, 0.15) is 5.82 Å². The van der Waals surface area contributed by atoms with E-state index in [2.05, 4.69) is 36.1 Å². The Labute approximate surface area is 132 Å². The second-order valence-corrected chi connectivity index (χ2v) is 5.98. The highest BCUT2D eigenvalue weighted by Crippen LogP contribution is 2.18. The van der Waals surface area contributed by atoms with Crippen LogP contribution >= 0.6 is 0 Å². The molecule has 1 saturated heterocycles. The zero-order chi connectivity index (χ0) is 16.1. The molecule has 0 bridgehead atoms. The van der Waals surface area contributed by atoms with Gasteiger partial charge in [-0.05, 0) is 26.7 Å². The van der Waals surface area contributed by atoms with Crippen LogP contribution in [0.3, 0.4) is 0 Å². The summed E-state index contributed by atoms with van der Waals surface area (Å²) in [5.74, 6) is 0.785. The Kier molecular flexibility index (Phi) is 5.97. The molecule has 2 heterocycles. The quantitative estimate of drug-likeness (QED) is 0.876. The van der Waals surface area contributed by atoms with Gasteiger partial charge in [0, 0.05) is 19.2 Å². The maximum absolute atomic E-state index is 12.5. The van der Waals surface area contributed by atoms with Gasteiger partial charge in [-0.1, -0.05) is 13.8 Å². The van der Waals surface area contributed by atoms with E-state index in [1.807, 2.05) is 17.7 Å². The van der Waals surface area contributed by atoms with Crippen LogP contribution < -0.4 is 5.32 Å². The Morgan fingerprint density at radius 3 is 2.95 bits per heavy atom. The summed E-state index contributed by atoms with van der Waals surface area (Å²) in [7, 11) is 0. The number of rotatable bonds is 6. The van der Waals surface area contributed by atoms with Crippen LogP contribution in [0.2, 0.25) is 0 Å². The van der Waals surface area contributed by atoms with Crippen molar-refractivity contribution in [1.82, 2.24) is 14.7 Å². The highest BCUT2D eigenvalue weighted by Gasteiger charge is 2.27. The van der Waals surface area contributed by atoms with Crippen molar-refractivity contribution in [2.24, 2.45) is 0 Å². The average Bonchev–Trinajstić information content (AvgIpc) is 3.01. The second kappa shape index (κ2) is 7.74. The van der Waals surface area contributed by atoms with E-state index in [9.17, 15) is 4.79 Å². The Morgan fingerprint density at radius 2 is 2.27 bits per heavy atom. The number of morpholine rings is 1. The average molecular weight is 308 g/mol. The molecule has 0 unspecified atom stereocenters. The van der Waals surface area contributed by atoms with Crippen molar-refractivity contribution in [2.75, 3.05) is 25.0 Å². The van der Waals surface area contributed by atoms with E-state index >= 15 is 0 Å². The predicted molar refractivity (Wildman–Crippen MR) is 86.9 cm³/mol. The summed E-state index contributed by atoms with van der Waals surface area (Å²) in [4.78, 5) is 14.7. The summed E-state index contributed by atoms with van der Waals surface area (Å²) in [6, 6.07) is 1.96. The van der Waals surface area contributed by atoms with E-state index in [0.717, 1.165) is 31.7 Å². The van der Waals surface area contributed by atoms with Gasteiger partial charge >= 0.3 is 0 Å². The molecule has 0 spiro atoms. The van der Waals surface area contributed by atoms with Crippen LogP contribution in [0.4, 0.5) is 5.82 Å². The largest absolute Gasteiger partial charge is 0.376 e. The first-order chi connectivity index (χ1) is 10.6. The van der Waals surface area contributed by atoms with Crippen molar-refractivity contribution in [3.63, 3.8) is 0 Å². The molecule has 22 heavy (non-hydrogen) atoms. The molecule has 124 valence electrons. The number of hydrogen-bond acceptors (Lipinski definition) is 4.